The van der Waals surface area contributed by atoms with E-state index < -0.39 is 0 Å². The van der Waals surface area contributed by atoms with Crippen molar-refractivity contribution in [1.29, 1.82) is 0 Å². The van der Waals surface area contributed by atoms with Crippen LogP contribution in [0.1, 0.15) is 175 Å². The molecule has 0 spiro atoms. The second-order valence-electron chi connectivity index (χ2n) is 10.2. The van der Waals surface area contributed by atoms with E-state index in [1.807, 2.05) is 0 Å². The van der Waals surface area contributed by atoms with Crippen LogP contribution < -0.4 is 0 Å². The summed E-state index contributed by atoms with van der Waals surface area (Å²) in [5, 5.41) is 8.63. The largest absolute Gasteiger partial charge is 0.396 e. The maximum absolute atomic E-state index is 8.63. The molecular formula is C34H66O. The summed E-state index contributed by atoms with van der Waals surface area (Å²) in [6.45, 7) is 7.13. The molecule has 0 fully saturated rings. The van der Waals surface area contributed by atoms with Crippen molar-refractivity contribution in [2.75, 3.05) is 6.61 Å². The smallest absolute Gasteiger partial charge is 0.0431 e. The average Bonchev–Trinajstić information content (AvgIpc) is 2.87. The molecule has 0 amide bonds. The van der Waals surface area contributed by atoms with Gasteiger partial charge in [0.2, 0.25) is 0 Å². The van der Waals surface area contributed by atoms with Gasteiger partial charge in [-0.15, -0.1) is 0 Å². The van der Waals surface area contributed by atoms with Gasteiger partial charge in [0.1, 0.15) is 0 Å². The summed E-state index contributed by atoms with van der Waals surface area (Å²) in [7, 11) is 0. The highest BCUT2D eigenvalue weighted by Crippen LogP contribution is 2.10. The van der Waals surface area contributed by atoms with E-state index in [2.05, 4.69) is 57.2 Å². The number of hydrogen-bond donors (Lipinski definition) is 1. The molecule has 0 saturated heterocycles. The summed E-state index contributed by atoms with van der Waals surface area (Å²) in [5.74, 6) is 0. The monoisotopic (exact) mass is 491 g/mol. The van der Waals surface area contributed by atoms with Gasteiger partial charge in [0.05, 0.1) is 0 Å². The zero-order chi connectivity index (χ0) is 25.9. The molecule has 0 aromatic carbocycles. The Morgan fingerprint density at radius 2 is 0.686 bits per heavy atom. The highest BCUT2D eigenvalue weighted by molar-refractivity contribution is 5.02. The van der Waals surface area contributed by atoms with Crippen LogP contribution >= 0.6 is 0 Å². The lowest BCUT2D eigenvalue weighted by Crippen LogP contribution is -1.83. The Hall–Kier alpha value is -0.820. The molecule has 0 bridgehead atoms. The van der Waals surface area contributed by atoms with Crippen molar-refractivity contribution in [1.82, 2.24) is 0 Å². The van der Waals surface area contributed by atoms with Crippen molar-refractivity contribution in [3.63, 3.8) is 0 Å². The van der Waals surface area contributed by atoms with Gasteiger partial charge in [0.15, 0.2) is 0 Å². The minimum Gasteiger partial charge on any atom is -0.396 e. The lowest BCUT2D eigenvalue weighted by Gasteiger charge is -1.99. The fourth-order valence-electron chi connectivity index (χ4n) is 4.09. The number of hydrogen-bond acceptors (Lipinski definition) is 1. The molecule has 0 atom stereocenters. The molecule has 0 aliphatic rings. The molecule has 0 radical (unpaired) electrons. The predicted molar refractivity (Wildman–Crippen MR) is 162 cm³/mol. The molecule has 1 N–H and O–H groups in total. The number of unbranched alkanes of at least 4 members (excludes halogenated alkanes) is 20. The van der Waals surface area contributed by atoms with Gasteiger partial charge in [0.25, 0.3) is 0 Å². The van der Waals surface area contributed by atoms with Gasteiger partial charge in [-0.05, 0) is 51.4 Å². The molecule has 0 saturated carbocycles. The van der Waals surface area contributed by atoms with Crippen molar-refractivity contribution in [3.05, 3.63) is 36.5 Å². The van der Waals surface area contributed by atoms with Crippen LogP contribution in [0.4, 0.5) is 0 Å². The first-order valence-corrected chi connectivity index (χ1v) is 15.9. The molecule has 0 aliphatic heterocycles. The van der Waals surface area contributed by atoms with Gasteiger partial charge >= 0.3 is 0 Å². The standard InChI is InChI=1S/C18H36.C16H30O/c1-3-5-7-9-11-13-15-17-18-16-14-12-10-8-6-4-2;1-2-3-4-5-6-7-8-9-10-11-12-13-14-15-16-17/h17-18H,3-16H2,1-2H3;4-7,17H,2-3,8-16H2,1H3/b;5-4-,7-6+. The van der Waals surface area contributed by atoms with Crippen molar-refractivity contribution in [3.8, 4) is 0 Å². The molecule has 0 aliphatic carbocycles. The van der Waals surface area contributed by atoms with Crippen LogP contribution in [0.25, 0.3) is 0 Å². The van der Waals surface area contributed by atoms with Crippen LogP contribution in [0.2, 0.25) is 0 Å². The molecule has 35 heavy (non-hydrogen) atoms. The van der Waals surface area contributed by atoms with E-state index in [1.165, 1.54) is 148 Å². The molecule has 0 unspecified atom stereocenters. The normalized spacial score (nSPS) is 11.7. The highest BCUT2D eigenvalue weighted by atomic mass is 16.2. The third kappa shape index (κ3) is 40.6. The Morgan fingerprint density at radius 1 is 0.343 bits per heavy atom. The maximum Gasteiger partial charge on any atom is 0.0431 e. The lowest BCUT2D eigenvalue weighted by molar-refractivity contribution is 0.282. The van der Waals surface area contributed by atoms with Crippen LogP contribution in [-0.2, 0) is 0 Å². The Kier molecular flexibility index (Phi) is 39.2. The van der Waals surface area contributed by atoms with Crippen LogP contribution in [0.5, 0.6) is 0 Å². The summed E-state index contributed by atoms with van der Waals surface area (Å²) in [6.07, 6.45) is 45.7. The van der Waals surface area contributed by atoms with E-state index in [-0.39, 0.29) is 0 Å². The van der Waals surface area contributed by atoms with Crippen LogP contribution in [0.15, 0.2) is 36.5 Å². The van der Waals surface area contributed by atoms with Crippen LogP contribution in [0.3, 0.4) is 0 Å². The maximum atomic E-state index is 8.63. The second-order valence-corrected chi connectivity index (χ2v) is 10.2. The first kappa shape index (κ1) is 36.3. The van der Waals surface area contributed by atoms with Gasteiger partial charge < -0.3 is 5.11 Å². The van der Waals surface area contributed by atoms with Crippen molar-refractivity contribution in [2.45, 2.75) is 175 Å². The number of allylic oxidation sites excluding steroid dienone is 6. The van der Waals surface area contributed by atoms with Gasteiger partial charge in [-0.2, -0.15) is 0 Å². The fourth-order valence-corrected chi connectivity index (χ4v) is 4.09. The summed E-state index contributed by atoms with van der Waals surface area (Å²) in [4.78, 5) is 0. The minimum absolute atomic E-state index is 0.357. The Morgan fingerprint density at radius 3 is 1.09 bits per heavy atom. The van der Waals surface area contributed by atoms with Crippen molar-refractivity contribution in [2.24, 2.45) is 0 Å². The molecule has 0 rings (SSSR count). The molecule has 208 valence electrons. The number of aliphatic hydroxyl groups excluding tert-OH is 1. The fraction of sp³-hybridized carbons (Fsp3) is 0.824. The molecular weight excluding hydrogens is 424 g/mol. The lowest BCUT2D eigenvalue weighted by atomic mass is 10.1. The Bertz CT molecular complexity index is 402. The van der Waals surface area contributed by atoms with E-state index in [9.17, 15) is 0 Å². The van der Waals surface area contributed by atoms with Crippen LogP contribution in [-0.4, -0.2) is 11.7 Å². The predicted octanol–water partition coefficient (Wildman–Crippen LogP) is 12.1. The van der Waals surface area contributed by atoms with E-state index in [0.29, 0.717) is 6.61 Å². The van der Waals surface area contributed by atoms with Crippen LogP contribution in [0, 0.1) is 0 Å². The number of aliphatic hydroxyl groups is 1. The average molecular weight is 491 g/mol. The minimum atomic E-state index is 0.357. The summed E-state index contributed by atoms with van der Waals surface area (Å²) in [6, 6.07) is 0. The SMILES string of the molecule is CCC/C=C\C=C\CCCCCCCCCO.CCCCCCCCC=CCCCCCCCC. The van der Waals surface area contributed by atoms with Gasteiger partial charge in [0, 0.05) is 6.61 Å². The van der Waals surface area contributed by atoms with E-state index in [0.717, 1.165) is 6.42 Å². The Balaban J connectivity index is 0. The molecule has 1 heteroatoms. The van der Waals surface area contributed by atoms with E-state index >= 15 is 0 Å². The van der Waals surface area contributed by atoms with Gasteiger partial charge in [-0.1, -0.05) is 160 Å². The highest BCUT2D eigenvalue weighted by Gasteiger charge is 1.91. The molecule has 0 heterocycles. The van der Waals surface area contributed by atoms with Gasteiger partial charge in [-0.25, -0.2) is 0 Å². The molecule has 0 aromatic rings. The van der Waals surface area contributed by atoms with E-state index in [1.54, 1.807) is 0 Å². The first-order valence-electron chi connectivity index (χ1n) is 15.9. The first-order chi connectivity index (χ1) is 17.3. The zero-order valence-corrected chi connectivity index (χ0v) is 24.6. The molecule has 1 nitrogen and oxygen atoms in total. The topological polar surface area (TPSA) is 20.2 Å². The summed E-state index contributed by atoms with van der Waals surface area (Å²) >= 11 is 0. The third-order valence-electron chi connectivity index (χ3n) is 6.48. The van der Waals surface area contributed by atoms with Crippen molar-refractivity contribution < 1.29 is 5.11 Å². The van der Waals surface area contributed by atoms with E-state index in [4.69, 9.17) is 5.11 Å². The van der Waals surface area contributed by atoms with Gasteiger partial charge in [-0.3, -0.25) is 0 Å². The Labute approximate surface area is 223 Å². The summed E-state index contributed by atoms with van der Waals surface area (Å²) < 4.78 is 0. The second kappa shape index (κ2) is 37.7. The zero-order valence-electron chi connectivity index (χ0n) is 24.6. The van der Waals surface area contributed by atoms with Crippen molar-refractivity contribution >= 4 is 0 Å². The third-order valence-corrected chi connectivity index (χ3v) is 6.48. The quantitative estimate of drug-likeness (QED) is 0.0726. The molecule has 0 aromatic heterocycles. The summed E-state index contributed by atoms with van der Waals surface area (Å²) in [5.41, 5.74) is 0. The number of rotatable bonds is 26.